The standard InChI is InChI=1S/C19H21FN4O3/c1-4-6-15-17(19(25)27-5-2)21-22-18-16(12-7-9-13(20)10-8-12)14(11-26-3)23-24(15)18/h7-10H,4-6,11H2,1-3H3. The molecule has 3 rings (SSSR count). The van der Waals surface area contributed by atoms with E-state index in [1.807, 2.05) is 6.92 Å². The van der Waals surface area contributed by atoms with E-state index in [0.29, 0.717) is 29.0 Å². The van der Waals surface area contributed by atoms with E-state index in [-0.39, 0.29) is 24.7 Å². The van der Waals surface area contributed by atoms with Gasteiger partial charge in [0, 0.05) is 7.11 Å². The number of hydrogen-bond donors (Lipinski definition) is 0. The molecule has 0 fully saturated rings. The molecule has 8 heteroatoms. The molecule has 0 unspecified atom stereocenters. The first-order chi connectivity index (χ1) is 13.1. The van der Waals surface area contributed by atoms with Crippen LogP contribution in [0.1, 0.15) is 42.1 Å². The molecule has 0 aliphatic rings. The fraction of sp³-hybridized carbons (Fsp3) is 0.368. The van der Waals surface area contributed by atoms with E-state index in [9.17, 15) is 9.18 Å². The Hall–Kier alpha value is -2.87. The highest BCUT2D eigenvalue weighted by atomic mass is 19.1. The number of carbonyl (C=O) groups excluding carboxylic acids is 1. The first-order valence-corrected chi connectivity index (χ1v) is 8.79. The number of aryl methyl sites for hydroxylation is 1. The van der Waals surface area contributed by atoms with Crippen molar-refractivity contribution in [3.05, 3.63) is 47.2 Å². The number of rotatable bonds is 7. The summed E-state index contributed by atoms with van der Waals surface area (Å²) in [7, 11) is 1.57. The summed E-state index contributed by atoms with van der Waals surface area (Å²) in [4.78, 5) is 12.3. The Morgan fingerprint density at radius 3 is 2.56 bits per heavy atom. The van der Waals surface area contributed by atoms with Crippen molar-refractivity contribution in [2.45, 2.75) is 33.3 Å². The van der Waals surface area contributed by atoms with E-state index in [2.05, 4.69) is 15.3 Å². The minimum atomic E-state index is -0.525. The van der Waals surface area contributed by atoms with Gasteiger partial charge in [0.05, 0.1) is 30.2 Å². The molecule has 3 aromatic rings. The van der Waals surface area contributed by atoms with Gasteiger partial charge in [0.15, 0.2) is 11.3 Å². The maximum atomic E-state index is 13.3. The summed E-state index contributed by atoms with van der Waals surface area (Å²) in [5, 5.41) is 13.0. The first kappa shape index (κ1) is 18.9. The molecule has 0 spiro atoms. The lowest BCUT2D eigenvalue weighted by Gasteiger charge is -2.08. The van der Waals surface area contributed by atoms with Gasteiger partial charge in [-0.2, -0.15) is 5.10 Å². The van der Waals surface area contributed by atoms with Crippen molar-refractivity contribution in [2.24, 2.45) is 0 Å². The predicted octanol–water partition coefficient (Wildman–Crippen LogP) is 3.21. The van der Waals surface area contributed by atoms with Crippen LogP contribution in [0.25, 0.3) is 16.8 Å². The molecule has 0 aliphatic heterocycles. The zero-order valence-corrected chi connectivity index (χ0v) is 15.5. The molecular weight excluding hydrogens is 351 g/mol. The third kappa shape index (κ3) is 3.66. The minimum Gasteiger partial charge on any atom is -0.461 e. The number of benzene rings is 1. The Balaban J connectivity index is 2.26. The van der Waals surface area contributed by atoms with Gasteiger partial charge in [-0.25, -0.2) is 13.7 Å². The zero-order chi connectivity index (χ0) is 19.4. The summed E-state index contributed by atoms with van der Waals surface area (Å²) in [6.45, 7) is 4.23. The Morgan fingerprint density at radius 1 is 1.19 bits per heavy atom. The first-order valence-electron chi connectivity index (χ1n) is 8.79. The molecule has 0 aliphatic carbocycles. The van der Waals surface area contributed by atoms with Crippen LogP contribution in [-0.4, -0.2) is 39.5 Å². The molecule has 142 valence electrons. The van der Waals surface area contributed by atoms with Crippen molar-refractivity contribution in [1.82, 2.24) is 19.8 Å². The maximum absolute atomic E-state index is 13.3. The van der Waals surface area contributed by atoms with Crippen LogP contribution in [0.2, 0.25) is 0 Å². The number of hydrogen-bond acceptors (Lipinski definition) is 6. The second-order valence-corrected chi connectivity index (χ2v) is 5.96. The molecule has 2 heterocycles. The summed E-state index contributed by atoms with van der Waals surface area (Å²) in [6, 6.07) is 6.07. The Morgan fingerprint density at radius 2 is 1.93 bits per heavy atom. The number of aromatic nitrogens is 4. The predicted molar refractivity (Wildman–Crippen MR) is 96.8 cm³/mol. The van der Waals surface area contributed by atoms with Crippen molar-refractivity contribution in [3.8, 4) is 11.1 Å². The average molecular weight is 372 g/mol. The SMILES string of the molecule is CCCc1c(C(=O)OCC)nnc2c(-c3ccc(F)cc3)c(COC)nn12. The van der Waals surface area contributed by atoms with Gasteiger partial charge in [-0.1, -0.05) is 25.5 Å². The Bertz CT molecular complexity index is 954. The monoisotopic (exact) mass is 372 g/mol. The van der Waals surface area contributed by atoms with Gasteiger partial charge < -0.3 is 9.47 Å². The van der Waals surface area contributed by atoms with Crippen LogP contribution in [0.3, 0.4) is 0 Å². The normalized spacial score (nSPS) is 11.1. The van der Waals surface area contributed by atoms with E-state index in [1.54, 1.807) is 30.7 Å². The molecular formula is C19H21FN4O3. The van der Waals surface area contributed by atoms with Gasteiger partial charge in [-0.05, 0) is 31.0 Å². The van der Waals surface area contributed by atoms with E-state index >= 15 is 0 Å². The van der Waals surface area contributed by atoms with E-state index in [4.69, 9.17) is 9.47 Å². The number of halogens is 1. The van der Waals surface area contributed by atoms with Crippen LogP contribution in [-0.2, 0) is 22.5 Å². The number of fused-ring (bicyclic) bond motifs is 1. The van der Waals surface area contributed by atoms with Crippen LogP contribution in [0.4, 0.5) is 4.39 Å². The number of nitrogens with zero attached hydrogens (tertiary/aromatic N) is 4. The summed E-state index contributed by atoms with van der Waals surface area (Å²) in [5.41, 5.74) is 3.37. The van der Waals surface area contributed by atoms with E-state index in [0.717, 1.165) is 12.0 Å². The van der Waals surface area contributed by atoms with Crippen LogP contribution in [0.5, 0.6) is 0 Å². The summed E-state index contributed by atoms with van der Waals surface area (Å²) < 4.78 is 25.3. The van der Waals surface area contributed by atoms with Crippen LogP contribution in [0.15, 0.2) is 24.3 Å². The fourth-order valence-corrected chi connectivity index (χ4v) is 2.96. The van der Waals surface area contributed by atoms with Crippen molar-refractivity contribution < 1.29 is 18.7 Å². The summed E-state index contributed by atoms with van der Waals surface area (Å²) in [6.07, 6.45) is 1.37. The summed E-state index contributed by atoms with van der Waals surface area (Å²) >= 11 is 0. The van der Waals surface area contributed by atoms with Gasteiger partial charge in [-0.3, -0.25) is 0 Å². The highest BCUT2D eigenvalue weighted by Crippen LogP contribution is 2.29. The zero-order valence-electron chi connectivity index (χ0n) is 15.5. The third-order valence-electron chi connectivity index (χ3n) is 4.08. The van der Waals surface area contributed by atoms with Gasteiger partial charge in [-0.15, -0.1) is 10.2 Å². The lowest BCUT2D eigenvalue weighted by atomic mass is 10.1. The Labute approximate surface area is 156 Å². The molecule has 7 nitrogen and oxygen atoms in total. The highest BCUT2D eigenvalue weighted by Gasteiger charge is 2.24. The number of ether oxygens (including phenoxy) is 2. The van der Waals surface area contributed by atoms with Gasteiger partial charge >= 0.3 is 5.97 Å². The molecule has 0 saturated heterocycles. The lowest BCUT2D eigenvalue weighted by molar-refractivity contribution is 0.0515. The lowest BCUT2D eigenvalue weighted by Crippen LogP contribution is -2.16. The molecule has 0 bridgehead atoms. The molecule has 2 aromatic heterocycles. The molecule has 1 aromatic carbocycles. The van der Waals surface area contributed by atoms with Crippen molar-refractivity contribution in [3.63, 3.8) is 0 Å². The topological polar surface area (TPSA) is 78.6 Å². The molecule has 0 atom stereocenters. The third-order valence-corrected chi connectivity index (χ3v) is 4.08. The minimum absolute atomic E-state index is 0.156. The highest BCUT2D eigenvalue weighted by molar-refractivity contribution is 5.89. The maximum Gasteiger partial charge on any atom is 0.360 e. The quantitative estimate of drug-likeness (QED) is 0.593. The average Bonchev–Trinajstić information content (AvgIpc) is 3.02. The molecule has 27 heavy (non-hydrogen) atoms. The molecule has 0 radical (unpaired) electrons. The van der Waals surface area contributed by atoms with Crippen molar-refractivity contribution >= 4 is 11.6 Å². The van der Waals surface area contributed by atoms with E-state index < -0.39 is 5.97 Å². The summed E-state index contributed by atoms with van der Waals surface area (Å²) in [5.74, 6) is -0.853. The largest absolute Gasteiger partial charge is 0.461 e. The number of esters is 1. The number of methoxy groups -OCH3 is 1. The van der Waals surface area contributed by atoms with Crippen LogP contribution in [0, 0.1) is 5.82 Å². The van der Waals surface area contributed by atoms with Gasteiger partial charge in [0.25, 0.3) is 0 Å². The van der Waals surface area contributed by atoms with Crippen molar-refractivity contribution in [1.29, 1.82) is 0 Å². The Kier molecular flexibility index (Phi) is 5.75. The van der Waals surface area contributed by atoms with Gasteiger partial charge in [0.1, 0.15) is 5.82 Å². The van der Waals surface area contributed by atoms with Crippen molar-refractivity contribution in [2.75, 3.05) is 13.7 Å². The van der Waals surface area contributed by atoms with Gasteiger partial charge in [0.2, 0.25) is 0 Å². The molecule has 0 saturated carbocycles. The second-order valence-electron chi connectivity index (χ2n) is 5.96. The smallest absolute Gasteiger partial charge is 0.360 e. The molecule has 0 N–H and O–H groups in total. The van der Waals surface area contributed by atoms with E-state index in [1.165, 1.54) is 12.1 Å². The van der Waals surface area contributed by atoms with Crippen LogP contribution < -0.4 is 0 Å². The second kappa shape index (κ2) is 8.22. The van der Waals surface area contributed by atoms with Crippen LogP contribution >= 0.6 is 0 Å². The molecule has 0 amide bonds. The fourth-order valence-electron chi connectivity index (χ4n) is 2.96. The number of carbonyl (C=O) groups is 1.